The average molecular weight is 603 g/mol. The summed E-state index contributed by atoms with van der Waals surface area (Å²) < 4.78 is 13.6. The first-order valence-corrected chi connectivity index (χ1v) is 18.5. The van der Waals surface area contributed by atoms with Gasteiger partial charge in [0.05, 0.1) is 5.52 Å². The van der Waals surface area contributed by atoms with Crippen LogP contribution >= 0.6 is 0 Å². The van der Waals surface area contributed by atoms with E-state index in [-0.39, 0.29) is 11.7 Å². The molecule has 11 heteroatoms. The number of ether oxygens (including phenoxy) is 2. The van der Waals surface area contributed by atoms with Crippen LogP contribution in [0.2, 0.25) is 25.7 Å². The number of piperazine rings is 1. The van der Waals surface area contributed by atoms with Gasteiger partial charge in [0.2, 0.25) is 5.56 Å². The van der Waals surface area contributed by atoms with E-state index in [1.807, 2.05) is 49.7 Å². The van der Waals surface area contributed by atoms with Crippen molar-refractivity contribution in [3.63, 3.8) is 0 Å². The summed E-state index contributed by atoms with van der Waals surface area (Å²) >= 11 is 0. The number of hydrogen-bond acceptors (Lipinski definition) is 7. The molecule has 3 aromatic heterocycles. The quantitative estimate of drug-likeness (QED) is 0.200. The number of nitrogens with zero attached hydrogens (tertiary/aromatic N) is 5. The van der Waals surface area contributed by atoms with Crippen molar-refractivity contribution in [3.8, 4) is 22.4 Å². The van der Waals surface area contributed by atoms with E-state index in [0.29, 0.717) is 39.5 Å². The molecule has 0 saturated carbocycles. The molecule has 0 spiro atoms. The first-order valence-electron chi connectivity index (χ1n) is 14.8. The Labute approximate surface area is 253 Å². The number of pyridine rings is 2. The molecule has 1 saturated heterocycles. The van der Waals surface area contributed by atoms with Crippen LogP contribution < -0.4 is 10.5 Å². The van der Waals surface area contributed by atoms with Gasteiger partial charge in [-0.05, 0) is 68.3 Å². The Hall–Kier alpha value is -3.96. The van der Waals surface area contributed by atoms with Crippen LogP contribution in [-0.4, -0.2) is 77.2 Å². The van der Waals surface area contributed by atoms with Gasteiger partial charge in [0.25, 0.3) is 0 Å². The normalized spacial score (nSPS) is 14.4. The molecule has 1 aromatic carbocycles. The van der Waals surface area contributed by atoms with Gasteiger partial charge >= 0.3 is 6.09 Å². The van der Waals surface area contributed by atoms with Crippen molar-refractivity contribution in [2.75, 3.05) is 37.7 Å². The highest BCUT2D eigenvalue weighted by atomic mass is 28.3. The van der Waals surface area contributed by atoms with Crippen molar-refractivity contribution in [1.29, 1.82) is 0 Å². The van der Waals surface area contributed by atoms with Gasteiger partial charge in [-0.3, -0.25) is 4.79 Å². The fourth-order valence-corrected chi connectivity index (χ4v) is 5.76. The molecule has 0 atom stereocenters. The smallest absolute Gasteiger partial charge is 0.410 e. The predicted molar refractivity (Wildman–Crippen MR) is 173 cm³/mol. The van der Waals surface area contributed by atoms with Crippen LogP contribution in [0.4, 0.5) is 10.6 Å². The van der Waals surface area contributed by atoms with Gasteiger partial charge in [0.1, 0.15) is 23.8 Å². The fraction of sp³-hybridized carbons (Fsp3) is 0.438. The zero-order valence-corrected chi connectivity index (χ0v) is 27.0. The Morgan fingerprint density at radius 3 is 2.42 bits per heavy atom. The first kappa shape index (κ1) is 30.5. The van der Waals surface area contributed by atoms with E-state index in [4.69, 9.17) is 14.6 Å². The SMILES string of the molecule is CC(C)(C)OC(=O)N1CCN(c2cc(-c3nn(COCC[Si](C)(C)C)c4ccc(-c5cc[nH]c(=O)c5)cc34)ccn2)CC1. The van der Waals surface area contributed by atoms with Gasteiger partial charge in [0, 0.05) is 70.3 Å². The summed E-state index contributed by atoms with van der Waals surface area (Å²) in [5.41, 5.74) is 3.84. The summed E-state index contributed by atoms with van der Waals surface area (Å²) in [6.45, 7) is 16.1. The molecule has 1 aliphatic heterocycles. The van der Waals surface area contributed by atoms with Crippen LogP contribution in [-0.2, 0) is 16.2 Å². The topological polar surface area (TPSA) is 106 Å². The molecule has 4 heterocycles. The van der Waals surface area contributed by atoms with E-state index >= 15 is 0 Å². The van der Waals surface area contributed by atoms with Crippen LogP contribution in [0.3, 0.4) is 0 Å². The van der Waals surface area contributed by atoms with Gasteiger partial charge in [-0.1, -0.05) is 25.7 Å². The van der Waals surface area contributed by atoms with Crippen LogP contribution in [0.5, 0.6) is 0 Å². The monoisotopic (exact) mass is 602 g/mol. The zero-order chi connectivity index (χ0) is 30.8. The molecule has 0 bridgehead atoms. The van der Waals surface area contributed by atoms with E-state index in [0.717, 1.165) is 45.1 Å². The highest BCUT2D eigenvalue weighted by molar-refractivity contribution is 6.76. The number of aromatic nitrogens is 4. The van der Waals surface area contributed by atoms with Crippen LogP contribution in [0, 0.1) is 0 Å². The Balaban J connectivity index is 1.43. The number of carbonyl (C=O) groups is 1. The van der Waals surface area contributed by atoms with Crippen molar-refractivity contribution in [1.82, 2.24) is 24.6 Å². The molecule has 1 fully saturated rings. The first-order chi connectivity index (χ1) is 20.4. The number of amides is 1. The van der Waals surface area contributed by atoms with Gasteiger partial charge in [0.15, 0.2) is 0 Å². The number of fused-ring (bicyclic) bond motifs is 1. The molecule has 228 valence electrons. The molecule has 5 rings (SSSR count). The summed E-state index contributed by atoms with van der Waals surface area (Å²) in [5, 5.41) is 5.99. The third-order valence-electron chi connectivity index (χ3n) is 7.34. The molecule has 1 amide bonds. The number of hydrogen-bond donors (Lipinski definition) is 1. The Bertz CT molecular complexity index is 1640. The lowest BCUT2D eigenvalue weighted by Crippen LogP contribution is -2.50. The third-order valence-corrected chi connectivity index (χ3v) is 9.05. The molecular weight excluding hydrogens is 560 g/mol. The van der Waals surface area contributed by atoms with Gasteiger partial charge in [-0.2, -0.15) is 5.10 Å². The summed E-state index contributed by atoms with van der Waals surface area (Å²) in [6.07, 6.45) is 3.19. The standard InChI is InChI=1S/C32H42N6O4Si/c1-32(2,3)42-31(40)37-15-13-36(14-16-37)28-20-25(10-11-33-28)30-26-19-23(24-9-12-34-29(39)21-24)7-8-27(26)38(35-30)22-41-17-18-43(4,5)6/h7-12,19-21H,13-18,22H2,1-6H3,(H,34,39). The second kappa shape index (κ2) is 12.3. The molecule has 0 unspecified atom stereocenters. The number of rotatable bonds is 8. The molecule has 0 aliphatic carbocycles. The Kier molecular flexibility index (Phi) is 8.75. The predicted octanol–water partition coefficient (Wildman–Crippen LogP) is 5.82. The molecule has 0 radical (unpaired) electrons. The second-order valence-corrected chi connectivity index (χ2v) is 18.8. The lowest BCUT2D eigenvalue weighted by molar-refractivity contribution is 0.0240. The third kappa shape index (κ3) is 7.71. The highest BCUT2D eigenvalue weighted by Gasteiger charge is 2.27. The average Bonchev–Trinajstić information content (AvgIpc) is 3.32. The fourth-order valence-electron chi connectivity index (χ4n) is 5.01. The minimum Gasteiger partial charge on any atom is -0.444 e. The van der Waals surface area contributed by atoms with Crippen molar-refractivity contribution in [2.24, 2.45) is 0 Å². The maximum atomic E-state index is 12.5. The van der Waals surface area contributed by atoms with Crippen molar-refractivity contribution < 1.29 is 14.3 Å². The molecule has 10 nitrogen and oxygen atoms in total. The van der Waals surface area contributed by atoms with Gasteiger partial charge in [-0.25, -0.2) is 14.5 Å². The Morgan fingerprint density at radius 1 is 0.977 bits per heavy atom. The molecule has 1 aliphatic rings. The van der Waals surface area contributed by atoms with Crippen LogP contribution in [0.25, 0.3) is 33.3 Å². The van der Waals surface area contributed by atoms with Gasteiger partial charge < -0.3 is 24.3 Å². The van der Waals surface area contributed by atoms with E-state index in [1.54, 1.807) is 23.4 Å². The van der Waals surface area contributed by atoms with E-state index in [2.05, 4.69) is 46.6 Å². The van der Waals surface area contributed by atoms with Crippen LogP contribution in [0.1, 0.15) is 20.8 Å². The van der Waals surface area contributed by atoms with Crippen molar-refractivity contribution in [3.05, 3.63) is 65.2 Å². The largest absolute Gasteiger partial charge is 0.444 e. The van der Waals surface area contributed by atoms with E-state index in [9.17, 15) is 9.59 Å². The number of aromatic amines is 1. The minimum absolute atomic E-state index is 0.144. The number of H-pyrrole nitrogens is 1. The van der Waals surface area contributed by atoms with E-state index < -0.39 is 13.7 Å². The van der Waals surface area contributed by atoms with Crippen molar-refractivity contribution >= 4 is 30.9 Å². The zero-order valence-electron chi connectivity index (χ0n) is 26.0. The summed E-state index contributed by atoms with van der Waals surface area (Å²) in [6, 6.07) is 14.8. The molecule has 43 heavy (non-hydrogen) atoms. The maximum Gasteiger partial charge on any atom is 0.410 e. The molecule has 4 aromatic rings. The molecular formula is C32H42N6O4Si. The second-order valence-electron chi connectivity index (χ2n) is 13.2. The Morgan fingerprint density at radius 2 is 1.72 bits per heavy atom. The van der Waals surface area contributed by atoms with Crippen molar-refractivity contribution in [2.45, 2.75) is 58.8 Å². The van der Waals surface area contributed by atoms with E-state index in [1.165, 1.54) is 0 Å². The maximum absolute atomic E-state index is 12.5. The number of nitrogens with one attached hydrogen (secondary N) is 1. The summed E-state index contributed by atoms with van der Waals surface area (Å²) in [4.78, 5) is 35.8. The van der Waals surface area contributed by atoms with Crippen LogP contribution in [0.15, 0.2) is 59.7 Å². The lowest BCUT2D eigenvalue weighted by Gasteiger charge is -2.36. The highest BCUT2D eigenvalue weighted by Crippen LogP contribution is 2.33. The summed E-state index contributed by atoms with van der Waals surface area (Å²) in [5.74, 6) is 0.834. The number of benzene rings is 1. The van der Waals surface area contributed by atoms with Gasteiger partial charge in [-0.15, -0.1) is 0 Å². The summed E-state index contributed by atoms with van der Waals surface area (Å²) in [7, 11) is -1.21. The minimum atomic E-state index is -1.21. The lowest BCUT2D eigenvalue weighted by atomic mass is 10.0. The molecule has 1 N–H and O–H groups in total. The number of anilines is 1. The number of carbonyl (C=O) groups excluding carboxylic acids is 1.